The molecule has 1 aromatic heterocycles. The van der Waals surface area contributed by atoms with Gasteiger partial charge in [0.15, 0.2) is 11.6 Å². The molecule has 1 heterocycles. The van der Waals surface area contributed by atoms with E-state index < -0.39 is 11.6 Å². The van der Waals surface area contributed by atoms with Crippen molar-refractivity contribution in [3.05, 3.63) is 47.5 Å². The maximum Gasteiger partial charge on any atom is 0.186 e. The van der Waals surface area contributed by atoms with Crippen molar-refractivity contribution in [1.82, 2.24) is 9.97 Å². The molecule has 3 N–H and O–H groups in total. The number of nitrogens with zero attached hydrogens (tertiary/aromatic N) is 1. The Labute approximate surface area is 108 Å². The molecular formula is C14H11F2N3. The average Bonchev–Trinajstić information content (AvgIpc) is 2.82. The van der Waals surface area contributed by atoms with E-state index in [1.54, 1.807) is 12.1 Å². The van der Waals surface area contributed by atoms with Crippen LogP contribution in [0.4, 0.5) is 14.5 Å². The SMILES string of the molecule is Cc1c(N)cccc1-c1nc2c(F)c(F)ccc2[nH]1. The lowest BCUT2D eigenvalue weighted by Gasteiger charge is -2.04. The molecule has 0 amide bonds. The van der Waals surface area contributed by atoms with Gasteiger partial charge in [-0.3, -0.25) is 0 Å². The number of H-pyrrole nitrogens is 1. The third-order valence-corrected chi connectivity index (χ3v) is 3.18. The number of fused-ring (bicyclic) bond motifs is 1. The highest BCUT2D eigenvalue weighted by Gasteiger charge is 2.14. The fourth-order valence-electron chi connectivity index (χ4n) is 2.06. The second-order valence-electron chi connectivity index (χ2n) is 4.36. The van der Waals surface area contributed by atoms with Gasteiger partial charge < -0.3 is 10.7 Å². The van der Waals surface area contributed by atoms with E-state index in [0.29, 0.717) is 17.0 Å². The number of anilines is 1. The molecule has 2 aromatic carbocycles. The van der Waals surface area contributed by atoms with Gasteiger partial charge in [0.05, 0.1) is 5.52 Å². The van der Waals surface area contributed by atoms with Crippen molar-refractivity contribution in [2.45, 2.75) is 6.92 Å². The quantitative estimate of drug-likeness (QED) is 0.658. The average molecular weight is 259 g/mol. The summed E-state index contributed by atoms with van der Waals surface area (Å²) in [7, 11) is 0. The lowest BCUT2D eigenvalue weighted by atomic mass is 10.1. The van der Waals surface area contributed by atoms with Crippen molar-refractivity contribution in [2.75, 3.05) is 5.73 Å². The van der Waals surface area contributed by atoms with Crippen LogP contribution in [0.3, 0.4) is 0 Å². The summed E-state index contributed by atoms with van der Waals surface area (Å²) in [6, 6.07) is 7.94. The van der Waals surface area contributed by atoms with Crippen molar-refractivity contribution in [1.29, 1.82) is 0 Å². The summed E-state index contributed by atoms with van der Waals surface area (Å²) in [6.45, 7) is 1.86. The Bertz CT molecular complexity index is 778. The molecule has 0 bridgehead atoms. The second kappa shape index (κ2) is 4.05. The Morgan fingerprint density at radius 2 is 1.95 bits per heavy atom. The van der Waals surface area contributed by atoms with Gasteiger partial charge in [-0.2, -0.15) is 0 Å². The highest BCUT2D eigenvalue weighted by atomic mass is 19.2. The minimum absolute atomic E-state index is 0.00294. The van der Waals surface area contributed by atoms with Crippen LogP contribution in [0.2, 0.25) is 0 Å². The number of aromatic nitrogens is 2. The number of hydrogen-bond acceptors (Lipinski definition) is 2. The molecule has 0 spiro atoms. The van der Waals surface area contributed by atoms with Crippen LogP contribution in [-0.4, -0.2) is 9.97 Å². The number of imidazole rings is 1. The molecule has 0 aliphatic rings. The molecule has 19 heavy (non-hydrogen) atoms. The van der Waals surface area contributed by atoms with E-state index in [1.165, 1.54) is 6.07 Å². The van der Waals surface area contributed by atoms with Gasteiger partial charge in [0.25, 0.3) is 0 Å². The third-order valence-electron chi connectivity index (χ3n) is 3.18. The number of rotatable bonds is 1. The number of halogens is 2. The van der Waals surface area contributed by atoms with Crippen molar-refractivity contribution in [3.63, 3.8) is 0 Å². The summed E-state index contributed by atoms with van der Waals surface area (Å²) in [6.07, 6.45) is 0. The first-order chi connectivity index (χ1) is 9.08. The Morgan fingerprint density at radius 1 is 1.16 bits per heavy atom. The summed E-state index contributed by atoms with van der Waals surface area (Å²) < 4.78 is 26.8. The van der Waals surface area contributed by atoms with Crippen LogP contribution in [0.1, 0.15) is 5.56 Å². The summed E-state index contributed by atoms with van der Waals surface area (Å²) in [5, 5.41) is 0. The monoisotopic (exact) mass is 259 g/mol. The fourth-order valence-corrected chi connectivity index (χ4v) is 2.06. The maximum atomic E-state index is 13.6. The van der Waals surface area contributed by atoms with E-state index in [9.17, 15) is 8.78 Å². The first-order valence-corrected chi connectivity index (χ1v) is 5.77. The molecule has 0 saturated heterocycles. The fraction of sp³-hybridized carbons (Fsp3) is 0.0714. The van der Waals surface area contributed by atoms with Crippen LogP contribution in [0, 0.1) is 18.6 Å². The normalized spacial score (nSPS) is 11.1. The van der Waals surface area contributed by atoms with Gasteiger partial charge in [-0.05, 0) is 30.7 Å². The molecule has 0 atom stereocenters. The van der Waals surface area contributed by atoms with Gasteiger partial charge in [0.2, 0.25) is 0 Å². The van der Waals surface area contributed by atoms with E-state index in [1.807, 2.05) is 13.0 Å². The van der Waals surface area contributed by atoms with E-state index in [-0.39, 0.29) is 5.52 Å². The summed E-state index contributed by atoms with van der Waals surface area (Å²) in [5.41, 5.74) is 8.53. The Morgan fingerprint density at radius 3 is 2.74 bits per heavy atom. The van der Waals surface area contributed by atoms with E-state index in [2.05, 4.69) is 9.97 Å². The summed E-state index contributed by atoms with van der Waals surface area (Å²) in [5.74, 6) is -1.37. The van der Waals surface area contributed by atoms with Crippen LogP contribution in [-0.2, 0) is 0 Å². The third kappa shape index (κ3) is 1.74. The van der Waals surface area contributed by atoms with Gasteiger partial charge in [-0.25, -0.2) is 13.8 Å². The molecule has 0 unspecified atom stereocenters. The molecule has 0 fully saturated rings. The minimum Gasteiger partial charge on any atom is -0.398 e. The van der Waals surface area contributed by atoms with Crippen LogP contribution < -0.4 is 5.73 Å². The van der Waals surface area contributed by atoms with Gasteiger partial charge in [0, 0.05) is 11.3 Å². The lowest BCUT2D eigenvalue weighted by Crippen LogP contribution is -1.92. The number of aromatic amines is 1. The first kappa shape index (κ1) is 11.6. The topological polar surface area (TPSA) is 54.7 Å². The summed E-state index contributed by atoms with van der Waals surface area (Å²) >= 11 is 0. The molecule has 96 valence electrons. The zero-order valence-electron chi connectivity index (χ0n) is 10.2. The number of nitrogen functional groups attached to an aromatic ring is 1. The predicted octanol–water partition coefficient (Wildman–Crippen LogP) is 3.40. The molecule has 0 aliphatic heterocycles. The van der Waals surface area contributed by atoms with Gasteiger partial charge in [0.1, 0.15) is 11.3 Å². The minimum atomic E-state index is -0.943. The molecule has 3 nitrogen and oxygen atoms in total. The number of benzene rings is 2. The predicted molar refractivity (Wildman–Crippen MR) is 70.6 cm³/mol. The second-order valence-corrected chi connectivity index (χ2v) is 4.36. The van der Waals surface area contributed by atoms with E-state index >= 15 is 0 Å². The van der Waals surface area contributed by atoms with Gasteiger partial charge in [-0.15, -0.1) is 0 Å². The van der Waals surface area contributed by atoms with E-state index in [4.69, 9.17) is 5.73 Å². The first-order valence-electron chi connectivity index (χ1n) is 5.77. The zero-order chi connectivity index (χ0) is 13.6. The highest BCUT2D eigenvalue weighted by molar-refractivity contribution is 5.81. The van der Waals surface area contributed by atoms with Crippen molar-refractivity contribution in [2.24, 2.45) is 0 Å². The zero-order valence-corrected chi connectivity index (χ0v) is 10.2. The molecular weight excluding hydrogens is 248 g/mol. The Kier molecular flexibility index (Phi) is 2.48. The van der Waals surface area contributed by atoms with Crippen LogP contribution >= 0.6 is 0 Å². The van der Waals surface area contributed by atoms with Crippen molar-refractivity contribution >= 4 is 16.7 Å². The van der Waals surface area contributed by atoms with Crippen LogP contribution in [0.5, 0.6) is 0 Å². The van der Waals surface area contributed by atoms with Crippen LogP contribution in [0.15, 0.2) is 30.3 Å². The van der Waals surface area contributed by atoms with Crippen molar-refractivity contribution < 1.29 is 8.78 Å². The smallest absolute Gasteiger partial charge is 0.186 e. The Hall–Kier alpha value is -2.43. The molecule has 0 radical (unpaired) electrons. The molecule has 0 aliphatic carbocycles. The van der Waals surface area contributed by atoms with Gasteiger partial charge >= 0.3 is 0 Å². The van der Waals surface area contributed by atoms with Gasteiger partial charge in [-0.1, -0.05) is 12.1 Å². The van der Waals surface area contributed by atoms with Crippen LogP contribution in [0.25, 0.3) is 22.4 Å². The largest absolute Gasteiger partial charge is 0.398 e. The molecule has 3 rings (SSSR count). The molecule has 5 heteroatoms. The number of nitrogens with one attached hydrogen (secondary N) is 1. The number of nitrogens with two attached hydrogens (primary N) is 1. The highest BCUT2D eigenvalue weighted by Crippen LogP contribution is 2.28. The lowest BCUT2D eigenvalue weighted by molar-refractivity contribution is 0.515. The molecule has 0 saturated carbocycles. The van der Waals surface area contributed by atoms with E-state index in [0.717, 1.165) is 17.2 Å². The Balaban J connectivity index is 2.27. The summed E-state index contributed by atoms with van der Waals surface area (Å²) in [4.78, 5) is 7.09. The van der Waals surface area contributed by atoms with Crippen molar-refractivity contribution in [3.8, 4) is 11.4 Å². The number of hydrogen-bond donors (Lipinski definition) is 2. The molecule has 3 aromatic rings. The standard InChI is InChI=1S/C14H11F2N3/c1-7-8(3-2-4-10(7)17)14-18-11-6-5-9(15)12(16)13(11)19-14/h2-6H,17H2,1H3,(H,18,19). The maximum absolute atomic E-state index is 13.6.